The lowest BCUT2D eigenvalue weighted by atomic mass is 10.1. The molecule has 0 bridgehead atoms. The van der Waals surface area contributed by atoms with E-state index in [1.54, 1.807) is 18.7 Å². The number of hydrogen-bond acceptors (Lipinski definition) is 6. The number of carbonyl (C=O) groups excluding carboxylic acids is 1. The first-order valence-corrected chi connectivity index (χ1v) is 9.62. The van der Waals surface area contributed by atoms with E-state index in [1.807, 2.05) is 6.07 Å². The molecular weight excluding hydrogens is 425 g/mol. The van der Waals surface area contributed by atoms with E-state index >= 15 is 0 Å². The van der Waals surface area contributed by atoms with Crippen LogP contribution in [-0.2, 0) is 6.18 Å². The third kappa shape index (κ3) is 5.03. The van der Waals surface area contributed by atoms with Crippen molar-refractivity contribution in [2.75, 3.05) is 13.2 Å². The first kappa shape index (κ1) is 22.7. The Morgan fingerprint density at radius 2 is 1.97 bits per heavy atom. The SMILES string of the molecule is CCN(C(=O)c1ccc(C#N)cc1-n1nccn1)C(C)COc1ccc(C(F)(F)F)cn1. The van der Waals surface area contributed by atoms with Gasteiger partial charge in [-0.1, -0.05) is 0 Å². The fraction of sp³-hybridized carbons (Fsp3) is 0.286. The normalized spacial score (nSPS) is 12.1. The van der Waals surface area contributed by atoms with Crippen LogP contribution in [-0.4, -0.2) is 50.0 Å². The molecule has 0 saturated carbocycles. The predicted molar refractivity (Wildman–Crippen MR) is 107 cm³/mol. The minimum atomic E-state index is -4.48. The van der Waals surface area contributed by atoms with Crippen molar-refractivity contribution in [3.05, 3.63) is 65.6 Å². The van der Waals surface area contributed by atoms with E-state index in [4.69, 9.17) is 4.74 Å². The minimum Gasteiger partial charge on any atom is -0.475 e. The quantitative estimate of drug-likeness (QED) is 0.554. The maximum absolute atomic E-state index is 13.3. The topological polar surface area (TPSA) is 96.9 Å². The second-order valence-corrected chi connectivity index (χ2v) is 6.80. The van der Waals surface area contributed by atoms with Crippen molar-refractivity contribution in [2.24, 2.45) is 0 Å². The molecule has 3 aromatic rings. The number of likely N-dealkylation sites (N-methyl/N-ethyl adjacent to an activating group) is 1. The number of carbonyl (C=O) groups is 1. The smallest absolute Gasteiger partial charge is 0.417 e. The molecule has 0 saturated heterocycles. The average Bonchev–Trinajstić information content (AvgIpc) is 3.32. The molecule has 166 valence electrons. The Kier molecular flexibility index (Phi) is 6.73. The molecule has 0 N–H and O–H groups in total. The van der Waals surface area contributed by atoms with Crippen molar-refractivity contribution in [3.8, 4) is 17.6 Å². The summed E-state index contributed by atoms with van der Waals surface area (Å²) in [6.45, 7) is 3.90. The molecule has 1 aromatic carbocycles. The molecule has 2 heterocycles. The molecule has 3 rings (SSSR count). The van der Waals surface area contributed by atoms with Gasteiger partial charge in [0.15, 0.2) is 0 Å². The summed E-state index contributed by atoms with van der Waals surface area (Å²) in [5, 5.41) is 17.3. The van der Waals surface area contributed by atoms with Gasteiger partial charge >= 0.3 is 6.18 Å². The Labute approximate surface area is 181 Å². The van der Waals surface area contributed by atoms with Crippen LogP contribution in [0.15, 0.2) is 48.9 Å². The maximum Gasteiger partial charge on any atom is 0.417 e. The summed E-state index contributed by atoms with van der Waals surface area (Å²) in [5.41, 5.74) is 0.127. The first-order chi connectivity index (χ1) is 15.2. The molecule has 0 aliphatic carbocycles. The fourth-order valence-electron chi connectivity index (χ4n) is 3.03. The van der Waals surface area contributed by atoms with Crippen LogP contribution in [0.5, 0.6) is 5.88 Å². The van der Waals surface area contributed by atoms with E-state index in [-0.39, 0.29) is 18.4 Å². The molecule has 1 unspecified atom stereocenters. The Morgan fingerprint density at radius 1 is 1.25 bits per heavy atom. The summed E-state index contributed by atoms with van der Waals surface area (Å²) in [6.07, 6.45) is -0.869. The Bertz CT molecular complexity index is 1110. The molecule has 0 spiro atoms. The first-order valence-electron chi connectivity index (χ1n) is 9.62. The van der Waals surface area contributed by atoms with Crippen molar-refractivity contribution >= 4 is 5.91 Å². The fourth-order valence-corrected chi connectivity index (χ4v) is 3.03. The summed E-state index contributed by atoms with van der Waals surface area (Å²) in [7, 11) is 0. The maximum atomic E-state index is 13.3. The van der Waals surface area contributed by atoms with Crippen molar-refractivity contribution in [3.63, 3.8) is 0 Å². The Morgan fingerprint density at radius 3 is 2.53 bits per heavy atom. The molecule has 1 amide bonds. The van der Waals surface area contributed by atoms with E-state index in [0.29, 0.717) is 29.6 Å². The van der Waals surface area contributed by atoms with Gasteiger partial charge in [-0.05, 0) is 38.1 Å². The van der Waals surface area contributed by atoms with E-state index in [0.717, 1.165) is 12.1 Å². The van der Waals surface area contributed by atoms with Crippen LogP contribution in [0.3, 0.4) is 0 Å². The van der Waals surface area contributed by atoms with Gasteiger partial charge in [-0.25, -0.2) is 4.98 Å². The van der Waals surface area contributed by atoms with Crippen molar-refractivity contribution < 1.29 is 22.7 Å². The van der Waals surface area contributed by atoms with E-state index in [1.165, 1.54) is 35.4 Å². The molecule has 0 aliphatic rings. The van der Waals surface area contributed by atoms with Crippen LogP contribution in [0.2, 0.25) is 0 Å². The van der Waals surface area contributed by atoms with Crippen LogP contribution in [0.25, 0.3) is 5.69 Å². The van der Waals surface area contributed by atoms with Gasteiger partial charge in [0.2, 0.25) is 5.88 Å². The monoisotopic (exact) mass is 444 g/mol. The van der Waals surface area contributed by atoms with E-state index < -0.39 is 17.8 Å². The Balaban J connectivity index is 1.77. The lowest BCUT2D eigenvalue weighted by Gasteiger charge is -2.28. The second kappa shape index (κ2) is 9.47. The summed E-state index contributed by atoms with van der Waals surface area (Å²) < 4.78 is 43.5. The standard InChI is InChI=1S/C21H19F3N6O2/c1-3-29(14(2)13-32-19-7-5-16(12-26-19)21(22,23)24)20(31)17-6-4-15(11-25)10-18(17)30-27-8-9-28-30/h4-10,12,14H,3,13H2,1-2H3. The van der Waals surface area contributed by atoms with Gasteiger partial charge in [-0.15, -0.1) is 0 Å². The van der Waals surface area contributed by atoms with Gasteiger partial charge in [-0.2, -0.15) is 33.4 Å². The average molecular weight is 444 g/mol. The third-order valence-electron chi connectivity index (χ3n) is 4.66. The minimum absolute atomic E-state index is 0.0174. The van der Waals surface area contributed by atoms with Gasteiger partial charge in [0, 0.05) is 18.8 Å². The number of alkyl halides is 3. The molecule has 11 heteroatoms. The molecule has 1 atom stereocenters. The molecule has 0 aliphatic heterocycles. The number of aromatic nitrogens is 4. The number of nitrogens with zero attached hydrogens (tertiary/aromatic N) is 6. The highest BCUT2D eigenvalue weighted by Crippen LogP contribution is 2.29. The third-order valence-corrected chi connectivity index (χ3v) is 4.66. The number of benzene rings is 1. The molecule has 2 aromatic heterocycles. The van der Waals surface area contributed by atoms with Crippen LogP contribution in [0, 0.1) is 11.3 Å². The highest BCUT2D eigenvalue weighted by atomic mass is 19.4. The van der Waals surface area contributed by atoms with Crippen molar-refractivity contribution in [1.29, 1.82) is 5.26 Å². The lowest BCUT2D eigenvalue weighted by molar-refractivity contribution is -0.137. The lowest BCUT2D eigenvalue weighted by Crippen LogP contribution is -2.42. The van der Waals surface area contributed by atoms with Gasteiger partial charge in [0.25, 0.3) is 5.91 Å². The highest BCUT2D eigenvalue weighted by Gasteiger charge is 2.31. The van der Waals surface area contributed by atoms with Crippen LogP contribution >= 0.6 is 0 Å². The van der Waals surface area contributed by atoms with Crippen molar-refractivity contribution in [2.45, 2.75) is 26.1 Å². The summed E-state index contributed by atoms with van der Waals surface area (Å²) in [6, 6.07) is 8.20. The predicted octanol–water partition coefficient (Wildman–Crippen LogP) is 3.48. The molecule has 8 nitrogen and oxygen atoms in total. The zero-order valence-electron chi connectivity index (χ0n) is 17.2. The Hall–Kier alpha value is -3.94. The largest absolute Gasteiger partial charge is 0.475 e. The zero-order chi connectivity index (χ0) is 23.3. The number of hydrogen-bond donors (Lipinski definition) is 0. The van der Waals surface area contributed by atoms with E-state index in [2.05, 4.69) is 15.2 Å². The van der Waals surface area contributed by atoms with Gasteiger partial charge in [0.1, 0.15) is 6.61 Å². The second-order valence-electron chi connectivity index (χ2n) is 6.80. The number of rotatable bonds is 7. The number of ether oxygens (including phenoxy) is 1. The van der Waals surface area contributed by atoms with E-state index in [9.17, 15) is 23.2 Å². The number of pyridine rings is 1. The van der Waals surface area contributed by atoms with Crippen molar-refractivity contribution in [1.82, 2.24) is 24.9 Å². The molecule has 32 heavy (non-hydrogen) atoms. The number of nitriles is 1. The molecule has 0 radical (unpaired) electrons. The van der Waals surface area contributed by atoms with Gasteiger partial charge in [0.05, 0.1) is 46.9 Å². The summed E-state index contributed by atoms with van der Waals surface area (Å²) in [5.74, 6) is -0.311. The summed E-state index contributed by atoms with van der Waals surface area (Å²) >= 11 is 0. The number of halogens is 3. The molecule has 0 fully saturated rings. The van der Waals surface area contributed by atoms with Gasteiger partial charge < -0.3 is 9.64 Å². The van der Waals surface area contributed by atoms with Crippen LogP contribution in [0.1, 0.15) is 35.3 Å². The van der Waals surface area contributed by atoms with Crippen LogP contribution < -0.4 is 4.74 Å². The highest BCUT2D eigenvalue weighted by molar-refractivity contribution is 5.98. The van der Waals surface area contributed by atoms with Crippen LogP contribution in [0.4, 0.5) is 13.2 Å². The van der Waals surface area contributed by atoms with Gasteiger partial charge in [-0.3, -0.25) is 4.79 Å². The number of amides is 1. The summed E-state index contributed by atoms with van der Waals surface area (Å²) in [4.78, 5) is 19.8. The molecular formula is C21H19F3N6O2. The zero-order valence-corrected chi connectivity index (χ0v) is 17.2.